The van der Waals surface area contributed by atoms with Gasteiger partial charge in [0.2, 0.25) is 0 Å². The molecule has 1 saturated heterocycles. The zero-order valence-electron chi connectivity index (χ0n) is 10.9. The minimum atomic E-state index is -0.0166. The molecule has 2 atom stereocenters. The van der Waals surface area contributed by atoms with Gasteiger partial charge in [0.15, 0.2) is 0 Å². The summed E-state index contributed by atoms with van der Waals surface area (Å²) in [6.45, 7) is 4.11. The largest absolute Gasteiger partial charge is 0.497 e. The maximum atomic E-state index is 12.0. The minimum Gasteiger partial charge on any atom is -0.497 e. The molecule has 1 amide bonds. The molecule has 1 fully saturated rings. The Morgan fingerprint density at radius 1 is 1.44 bits per heavy atom. The van der Waals surface area contributed by atoms with Crippen LogP contribution >= 0.6 is 0 Å². The first-order valence-electron chi connectivity index (χ1n) is 6.36. The average Bonchev–Trinajstić information content (AvgIpc) is 2.92. The summed E-state index contributed by atoms with van der Waals surface area (Å²) in [6, 6.07) is 7.38. The van der Waals surface area contributed by atoms with Crippen LogP contribution in [0.1, 0.15) is 23.7 Å². The van der Waals surface area contributed by atoms with Gasteiger partial charge in [0, 0.05) is 11.6 Å². The number of rotatable bonds is 4. The zero-order chi connectivity index (χ0) is 13.0. The van der Waals surface area contributed by atoms with Crippen LogP contribution in [0, 0.1) is 5.92 Å². The molecule has 0 radical (unpaired) electrons. The molecule has 4 nitrogen and oxygen atoms in total. The second-order valence-electron chi connectivity index (χ2n) is 4.74. The Kier molecular flexibility index (Phi) is 4.20. The minimum absolute atomic E-state index is 0.0166. The molecule has 18 heavy (non-hydrogen) atoms. The maximum Gasteiger partial charge on any atom is 0.251 e. The van der Waals surface area contributed by atoms with E-state index in [1.807, 2.05) is 0 Å². The zero-order valence-corrected chi connectivity index (χ0v) is 10.9. The molecule has 1 aromatic rings. The lowest BCUT2D eigenvalue weighted by Gasteiger charge is -2.19. The summed E-state index contributed by atoms with van der Waals surface area (Å²) < 4.78 is 5.07. The highest BCUT2D eigenvalue weighted by Crippen LogP contribution is 2.14. The molecule has 2 unspecified atom stereocenters. The third-order valence-electron chi connectivity index (χ3n) is 3.52. The molecule has 1 aliphatic heterocycles. The molecule has 0 saturated carbocycles. The van der Waals surface area contributed by atoms with Crippen molar-refractivity contribution in [1.82, 2.24) is 10.6 Å². The van der Waals surface area contributed by atoms with Crippen molar-refractivity contribution in [2.75, 3.05) is 20.2 Å². The molecule has 0 aliphatic carbocycles. The van der Waals surface area contributed by atoms with Crippen LogP contribution in [0.25, 0.3) is 0 Å². The van der Waals surface area contributed by atoms with E-state index in [0.29, 0.717) is 11.5 Å². The number of nitrogens with one attached hydrogen (secondary N) is 2. The van der Waals surface area contributed by atoms with E-state index in [-0.39, 0.29) is 11.9 Å². The monoisotopic (exact) mass is 248 g/mol. The van der Waals surface area contributed by atoms with Gasteiger partial charge in [-0.05, 0) is 56.6 Å². The summed E-state index contributed by atoms with van der Waals surface area (Å²) in [5, 5.41) is 6.37. The fourth-order valence-electron chi connectivity index (χ4n) is 2.25. The van der Waals surface area contributed by atoms with Crippen molar-refractivity contribution in [2.24, 2.45) is 5.92 Å². The van der Waals surface area contributed by atoms with Crippen LogP contribution in [0.15, 0.2) is 24.3 Å². The molecular weight excluding hydrogens is 228 g/mol. The Hall–Kier alpha value is -1.55. The first kappa shape index (κ1) is 12.9. The third kappa shape index (κ3) is 3.01. The van der Waals surface area contributed by atoms with Gasteiger partial charge in [0.05, 0.1) is 7.11 Å². The van der Waals surface area contributed by atoms with Gasteiger partial charge in [-0.2, -0.15) is 0 Å². The van der Waals surface area contributed by atoms with Gasteiger partial charge < -0.3 is 15.4 Å². The topological polar surface area (TPSA) is 50.4 Å². The van der Waals surface area contributed by atoms with E-state index in [9.17, 15) is 4.79 Å². The lowest BCUT2D eigenvalue weighted by Crippen LogP contribution is -2.38. The van der Waals surface area contributed by atoms with Gasteiger partial charge in [0.25, 0.3) is 5.91 Å². The fourth-order valence-corrected chi connectivity index (χ4v) is 2.25. The number of benzene rings is 1. The van der Waals surface area contributed by atoms with Crippen LogP contribution in [0.5, 0.6) is 5.75 Å². The Morgan fingerprint density at radius 2 is 2.17 bits per heavy atom. The highest BCUT2D eigenvalue weighted by Gasteiger charge is 2.22. The van der Waals surface area contributed by atoms with E-state index in [1.165, 1.54) is 0 Å². The lowest BCUT2D eigenvalue weighted by atomic mass is 10.0. The summed E-state index contributed by atoms with van der Waals surface area (Å²) in [6.07, 6.45) is 1.13. The molecule has 0 aromatic heterocycles. The summed E-state index contributed by atoms with van der Waals surface area (Å²) in [5.74, 6) is 1.28. The molecule has 1 aromatic carbocycles. The number of carbonyl (C=O) groups excluding carboxylic acids is 1. The quantitative estimate of drug-likeness (QED) is 0.847. The smallest absolute Gasteiger partial charge is 0.251 e. The van der Waals surface area contributed by atoms with Crippen molar-refractivity contribution in [1.29, 1.82) is 0 Å². The first-order chi connectivity index (χ1) is 8.70. The Morgan fingerprint density at radius 3 is 2.72 bits per heavy atom. The van der Waals surface area contributed by atoms with E-state index >= 15 is 0 Å². The number of hydrogen-bond donors (Lipinski definition) is 2. The van der Waals surface area contributed by atoms with Gasteiger partial charge in [-0.25, -0.2) is 0 Å². The SMILES string of the molecule is COc1ccc(C(=O)NC(C)C2CCNC2)cc1. The van der Waals surface area contributed by atoms with Crippen LogP contribution in [-0.4, -0.2) is 32.1 Å². The molecule has 0 bridgehead atoms. The van der Waals surface area contributed by atoms with Crippen molar-refractivity contribution in [3.63, 3.8) is 0 Å². The Balaban J connectivity index is 1.93. The number of carbonyl (C=O) groups is 1. The Labute approximate surface area is 108 Å². The van der Waals surface area contributed by atoms with Crippen LogP contribution in [-0.2, 0) is 0 Å². The molecule has 0 spiro atoms. The molecule has 1 aliphatic rings. The number of amides is 1. The van der Waals surface area contributed by atoms with Crippen molar-refractivity contribution in [3.05, 3.63) is 29.8 Å². The van der Waals surface area contributed by atoms with E-state index in [0.717, 1.165) is 25.3 Å². The van der Waals surface area contributed by atoms with Crippen molar-refractivity contribution < 1.29 is 9.53 Å². The van der Waals surface area contributed by atoms with Crippen LogP contribution in [0.3, 0.4) is 0 Å². The Bertz CT molecular complexity index is 397. The van der Waals surface area contributed by atoms with E-state index < -0.39 is 0 Å². The second-order valence-corrected chi connectivity index (χ2v) is 4.74. The first-order valence-corrected chi connectivity index (χ1v) is 6.36. The molecule has 4 heteroatoms. The van der Waals surface area contributed by atoms with Crippen LogP contribution < -0.4 is 15.4 Å². The van der Waals surface area contributed by atoms with E-state index in [2.05, 4.69) is 17.6 Å². The standard InChI is InChI=1S/C14H20N2O2/c1-10(12-7-8-15-9-12)16-14(17)11-3-5-13(18-2)6-4-11/h3-6,10,12,15H,7-9H2,1-2H3,(H,16,17). The number of hydrogen-bond acceptors (Lipinski definition) is 3. The number of methoxy groups -OCH3 is 1. The van der Waals surface area contributed by atoms with Gasteiger partial charge in [-0.3, -0.25) is 4.79 Å². The molecule has 2 rings (SSSR count). The molecular formula is C14H20N2O2. The molecule has 1 heterocycles. The summed E-state index contributed by atoms with van der Waals surface area (Å²) in [4.78, 5) is 12.0. The fraction of sp³-hybridized carbons (Fsp3) is 0.500. The average molecular weight is 248 g/mol. The van der Waals surface area contributed by atoms with Gasteiger partial charge in [-0.1, -0.05) is 0 Å². The van der Waals surface area contributed by atoms with Crippen molar-refractivity contribution in [3.8, 4) is 5.75 Å². The van der Waals surface area contributed by atoms with E-state index in [4.69, 9.17) is 4.74 Å². The van der Waals surface area contributed by atoms with Crippen LogP contribution in [0.2, 0.25) is 0 Å². The lowest BCUT2D eigenvalue weighted by molar-refractivity contribution is 0.0929. The van der Waals surface area contributed by atoms with Gasteiger partial charge in [0.1, 0.15) is 5.75 Å². The summed E-state index contributed by atoms with van der Waals surface area (Å²) in [7, 11) is 1.62. The molecule has 2 N–H and O–H groups in total. The van der Waals surface area contributed by atoms with Gasteiger partial charge >= 0.3 is 0 Å². The van der Waals surface area contributed by atoms with Crippen LogP contribution in [0.4, 0.5) is 0 Å². The normalized spacial score (nSPS) is 20.4. The third-order valence-corrected chi connectivity index (χ3v) is 3.52. The highest BCUT2D eigenvalue weighted by molar-refractivity contribution is 5.94. The summed E-state index contributed by atoms with van der Waals surface area (Å²) >= 11 is 0. The summed E-state index contributed by atoms with van der Waals surface area (Å²) in [5.41, 5.74) is 0.675. The second kappa shape index (κ2) is 5.87. The van der Waals surface area contributed by atoms with Gasteiger partial charge in [-0.15, -0.1) is 0 Å². The maximum absolute atomic E-state index is 12.0. The van der Waals surface area contributed by atoms with E-state index in [1.54, 1.807) is 31.4 Å². The van der Waals surface area contributed by atoms with Crippen molar-refractivity contribution in [2.45, 2.75) is 19.4 Å². The highest BCUT2D eigenvalue weighted by atomic mass is 16.5. The van der Waals surface area contributed by atoms with Crippen molar-refractivity contribution >= 4 is 5.91 Å². The number of ether oxygens (including phenoxy) is 1. The predicted molar refractivity (Wildman–Crippen MR) is 70.9 cm³/mol. The predicted octanol–water partition coefficient (Wildman–Crippen LogP) is 1.42. The molecule has 98 valence electrons.